The van der Waals surface area contributed by atoms with Gasteiger partial charge in [-0.15, -0.1) is 0 Å². The Labute approximate surface area is 182 Å². The first-order chi connectivity index (χ1) is 15.1. The molecule has 168 valence electrons. The van der Waals surface area contributed by atoms with E-state index in [-0.39, 0.29) is 28.5 Å². The molecule has 0 saturated heterocycles. The molecule has 0 unspecified atom stereocenters. The van der Waals surface area contributed by atoms with Gasteiger partial charge in [0.05, 0.1) is 22.5 Å². The smallest absolute Gasteiger partial charge is 0.314 e. The van der Waals surface area contributed by atoms with Crippen LogP contribution in [0.2, 0.25) is 0 Å². The number of ether oxygens (including phenoxy) is 1. The third-order valence-corrected chi connectivity index (χ3v) is 5.48. The van der Waals surface area contributed by atoms with E-state index in [0.29, 0.717) is 11.3 Å². The zero-order valence-corrected chi connectivity index (χ0v) is 18.2. The highest BCUT2D eigenvalue weighted by molar-refractivity contribution is 7.90. The molecule has 32 heavy (non-hydrogen) atoms. The van der Waals surface area contributed by atoms with Gasteiger partial charge in [0.15, 0.2) is 27.2 Å². The predicted molar refractivity (Wildman–Crippen MR) is 114 cm³/mol. The van der Waals surface area contributed by atoms with Crippen molar-refractivity contribution in [3.63, 3.8) is 0 Å². The summed E-state index contributed by atoms with van der Waals surface area (Å²) < 4.78 is 57.0. The van der Waals surface area contributed by atoms with E-state index in [4.69, 9.17) is 4.74 Å². The van der Waals surface area contributed by atoms with Crippen LogP contribution < -0.4 is 10.3 Å². The third kappa shape index (κ3) is 4.99. The normalized spacial score (nSPS) is 12.0. The van der Waals surface area contributed by atoms with E-state index >= 15 is 0 Å². The second-order valence-corrected chi connectivity index (χ2v) is 8.81. The zero-order chi connectivity index (χ0) is 23.5. The number of nitrogens with zero attached hydrogens (tertiary/aromatic N) is 3. The average molecular weight is 463 g/mol. The van der Waals surface area contributed by atoms with Crippen molar-refractivity contribution < 1.29 is 26.8 Å². The molecule has 3 aromatic rings. The van der Waals surface area contributed by atoms with Crippen LogP contribution in [0.15, 0.2) is 63.5 Å². The number of hydrogen-bond donors (Lipinski definition) is 0. The lowest BCUT2D eigenvalue weighted by molar-refractivity contribution is 0.209. The molecule has 0 fully saturated rings. The van der Waals surface area contributed by atoms with Crippen LogP contribution >= 0.6 is 0 Å². The lowest BCUT2D eigenvalue weighted by atomic mass is 10.1. The molecule has 0 amide bonds. The van der Waals surface area contributed by atoms with Crippen LogP contribution in [0.5, 0.6) is 5.75 Å². The molecule has 0 saturated carbocycles. The molecule has 0 aliphatic rings. The van der Waals surface area contributed by atoms with Gasteiger partial charge in [-0.2, -0.15) is 9.78 Å². The maximum Gasteiger partial charge on any atom is 0.314 e. The predicted octanol–water partition coefficient (Wildman–Crippen LogP) is 2.98. The SMILES string of the molecule is CON=C(C)COc1c(-c2ccc(S(C)(=O)=O)cc2)cnn(-c2ccc(F)c(F)c2)c1=O. The van der Waals surface area contributed by atoms with Crippen molar-refractivity contribution in [2.75, 3.05) is 20.0 Å². The molecule has 0 N–H and O–H groups in total. The van der Waals surface area contributed by atoms with Crippen molar-refractivity contribution in [3.8, 4) is 22.6 Å². The van der Waals surface area contributed by atoms with Crippen molar-refractivity contribution in [2.24, 2.45) is 5.16 Å². The summed E-state index contributed by atoms with van der Waals surface area (Å²) in [6, 6.07) is 8.74. The molecule has 0 radical (unpaired) electrons. The Morgan fingerprint density at radius 3 is 2.41 bits per heavy atom. The van der Waals surface area contributed by atoms with Gasteiger partial charge in [-0.05, 0) is 36.8 Å². The Morgan fingerprint density at radius 1 is 1.12 bits per heavy atom. The topological polar surface area (TPSA) is 99.8 Å². The molecule has 0 aliphatic heterocycles. The van der Waals surface area contributed by atoms with Crippen LogP contribution in [-0.4, -0.2) is 43.9 Å². The van der Waals surface area contributed by atoms with Gasteiger partial charge < -0.3 is 9.57 Å². The highest BCUT2D eigenvalue weighted by atomic mass is 32.2. The molecule has 1 heterocycles. The Kier molecular flexibility index (Phi) is 6.68. The highest BCUT2D eigenvalue weighted by Gasteiger charge is 2.18. The highest BCUT2D eigenvalue weighted by Crippen LogP contribution is 2.28. The van der Waals surface area contributed by atoms with Gasteiger partial charge in [0.25, 0.3) is 0 Å². The van der Waals surface area contributed by atoms with Crippen molar-refractivity contribution in [3.05, 3.63) is 70.6 Å². The van der Waals surface area contributed by atoms with Crippen LogP contribution in [-0.2, 0) is 14.7 Å². The maximum absolute atomic E-state index is 13.7. The number of rotatable bonds is 7. The van der Waals surface area contributed by atoms with Gasteiger partial charge >= 0.3 is 5.56 Å². The largest absolute Gasteiger partial charge is 0.481 e. The quantitative estimate of drug-likeness (QED) is 0.395. The Bertz CT molecular complexity index is 1340. The summed E-state index contributed by atoms with van der Waals surface area (Å²) >= 11 is 0. The molecule has 1 aromatic heterocycles. The summed E-state index contributed by atoms with van der Waals surface area (Å²) in [5.74, 6) is -2.34. The second-order valence-electron chi connectivity index (χ2n) is 6.80. The van der Waals surface area contributed by atoms with Crippen molar-refractivity contribution >= 4 is 15.5 Å². The Hall–Kier alpha value is -3.60. The summed E-state index contributed by atoms with van der Waals surface area (Å²) in [6.07, 6.45) is 2.40. The van der Waals surface area contributed by atoms with Crippen LogP contribution in [0.25, 0.3) is 16.8 Å². The molecule has 8 nitrogen and oxygen atoms in total. The standard InChI is InChI=1S/C21H19F2N3O5S/c1-13(25-30-2)12-31-20-17(14-4-7-16(8-5-14)32(3,28)29)11-24-26(21(20)27)15-6-9-18(22)19(23)10-15/h4-11H,12H2,1-3H3. The van der Waals surface area contributed by atoms with Crippen LogP contribution in [0, 0.1) is 11.6 Å². The number of benzene rings is 2. The van der Waals surface area contributed by atoms with E-state index in [1.54, 1.807) is 6.92 Å². The first-order valence-electron chi connectivity index (χ1n) is 9.19. The number of aromatic nitrogens is 2. The van der Waals surface area contributed by atoms with E-state index in [1.807, 2.05) is 0 Å². The zero-order valence-electron chi connectivity index (χ0n) is 17.4. The first kappa shape index (κ1) is 23.1. The fourth-order valence-electron chi connectivity index (χ4n) is 2.82. The maximum atomic E-state index is 13.7. The molecule has 0 aliphatic carbocycles. The van der Waals surface area contributed by atoms with E-state index in [2.05, 4.69) is 15.1 Å². The van der Waals surface area contributed by atoms with Gasteiger partial charge in [-0.25, -0.2) is 17.2 Å². The minimum atomic E-state index is -3.41. The second kappa shape index (κ2) is 9.27. The molecule has 0 spiro atoms. The monoisotopic (exact) mass is 463 g/mol. The number of sulfone groups is 1. The minimum absolute atomic E-state index is 0.00000450. The van der Waals surface area contributed by atoms with Gasteiger partial charge in [-0.3, -0.25) is 4.79 Å². The van der Waals surface area contributed by atoms with Gasteiger partial charge in [0.2, 0.25) is 0 Å². The Morgan fingerprint density at radius 2 is 1.81 bits per heavy atom. The number of oxime groups is 1. The molecular weight excluding hydrogens is 444 g/mol. The lowest BCUT2D eigenvalue weighted by Gasteiger charge is -2.14. The number of hydrogen-bond acceptors (Lipinski definition) is 7. The van der Waals surface area contributed by atoms with E-state index in [0.717, 1.165) is 23.1 Å². The average Bonchev–Trinajstić information content (AvgIpc) is 2.74. The van der Waals surface area contributed by atoms with E-state index in [9.17, 15) is 22.0 Å². The summed E-state index contributed by atoms with van der Waals surface area (Å²) in [6.45, 7) is 1.53. The van der Waals surface area contributed by atoms with Gasteiger partial charge in [-0.1, -0.05) is 17.3 Å². The molecular formula is C21H19F2N3O5S. The van der Waals surface area contributed by atoms with Crippen LogP contribution in [0.4, 0.5) is 8.78 Å². The summed E-state index contributed by atoms with van der Waals surface area (Å²) in [5, 5.41) is 7.77. The van der Waals surface area contributed by atoms with E-state index < -0.39 is 27.0 Å². The fourth-order valence-corrected chi connectivity index (χ4v) is 3.45. The Balaban J connectivity index is 2.14. The molecule has 11 heteroatoms. The number of halogens is 2. The van der Waals surface area contributed by atoms with Crippen LogP contribution in [0.1, 0.15) is 6.92 Å². The van der Waals surface area contributed by atoms with Crippen molar-refractivity contribution in [1.82, 2.24) is 9.78 Å². The first-order valence-corrected chi connectivity index (χ1v) is 11.1. The molecule has 2 aromatic carbocycles. The fraction of sp³-hybridized carbons (Fsp3) is 0.190. The molecule has 3 rings (SSSR count). The summed E-state index contributed by atoms with van der Waals surface area (Å²) in [7, 11) is -2.04. The van der Waals surface area contributed by atoms with Gasteiger partial charge in [0, 0.05) is 17.9 Å². The lowest BCUT2D eigenvalue weighted by Crippen LogP contribution is -2.25. The minimum Gasteiger partial charge on any atom is -0.481 e. The van der Waals surface area contributed by atoms with E-state index in [1.165, 1.54) is 43.6 Å². The van der Waals surface area contributed by atoms with Gasteiger partial charge in [0.1, 0.15) is 13.7 Å². The van der Waals surface area contributed by atoms with Crippen molar-refractivity contribution in [2.45, 2.75) is 11.8 Å². The molecule has 0 atom stereocenters. The van der Waals surface area contributed by atoms with Crippen molar-refractivity contribution in [1.29, 1.82) is 0 Å². The summed E-state index contributed by atoms with van der Waals surface area (Å²) in [4.78, 5) is 17.9. The summed E-state index contributed by atoms with van der Waals surface area (Å²) in [5.41, 5.74) is 0.447. The molecule has 0 bridgehead atoms. The third-order valence-electron chi connectivity index (χ3n) is 4.35. The van der Waals surface area contributed by atoms with Crippen LogP contribution in [0.3, 0.4) is 0 Å².